The van der Waals surface area contributed by atoms with Crippen LogP contribution < -0.4 is 0 Å². The first-order valence-corrected chi connectivity index (χ1v) is 11.8. The van der Waals surface area contributed by atoms with Crippen molar-refractivity contribution in [2.45, 2.75) is 39.8 Å². The highest BCUT2D eigenvalue weighted by Crippen LogP contribution is 2.20. The van der Waals surface area contributed by atoms with Crippen molar-refractivity contribution in [2.24, 2.45) is 0 Å². The van der Waals surface area contributed by atoms with Gasteiger partial charge in [0.1, 0.15) is 12.4 Å². The molecule has 0 aliphatic carbocycles. The molecule has 154 valence electrons. The summed E-state index contributed by atoms with van der Waals surface area (Å²) in [5.74, 6) is 0.984. The first-order valence-electron chi connectivity index (χ1n) is 9.98. The number of hydrogen-bond acceptors (Lipinski definition) is 5. The number of carbonyl (C=O) groups excluding carboxylic acids is 1. The largest absolute Gasteiger partial charge is 0.336 e. The van der Waals surface area contributed by atoms with E-state index in [4.69, 9.17) is 0 Å². The number of fused-ring (bicyclic) bond motifs is 1. The molecule has 1 aliphatic rings. The Balaban J connectivity index is 1.82. The molecule has 0 saturated carbocycles. The van der Waals surface area contributed by atoms with Gasteiger partial charge in [-0.15, -0.1) is 0 Å². The molecule has 0 radical (unpaired) electrons. The Morgan fingerprint density at radius 3 is 2.57 bits per heavy atom. The number of aryl methyl sites for hydroxylation is 1. The minimum atomic E-state index is -3.06. The summed E-state index contributed by atoms with van der Waals surface area (Å²) in [4.78, 5) is 21.8. The number of amides is 1. The van der Waals surface area contributed by atoms with Crippen LogP contribution in [0.2, 0.25) is 0 Å². The number of carbonyl (C=O) groups is 1. The molecule has 7 nitrogen and oxygen atoms in total. The molecule has 1 fully saturated rings. The van der Waals surface area contributed by atoms with E-state index >= 15 is 0 Å². The summed E-state index contributed by atoms with van der Waals surface area (Å²) >= 11 is 0. The molecule has 0 N–H and O–H groups in total. The molecule has 1 unspecified atom stereocenters. The van der Waals surface area contributed by atoms with E-state index in [1.165, 1.54) is 0 Å². The van der Waals surface area contributed by atoms with E-state index in [1.54, 1.807) is 4.90 Å². The summed E-state index contributed by atoms with van der Waals surface area (Å²) in [7, 11) is -3.06. The zero-order chi connectivity index (χ0) is 20.3. The highest BCUT2D eigenvalue weighted by molar-refractivity contribution is 7.91. The Morgan fingerprint density at radius 1 is 1.21 bits per heavy atom. The van der Waals surface area contributed by atoms with Crippen LogP contribution in [0.1, 0.15) is 26.1 Å². The summed E-state index contributed by atoms with van der Waals surface area (Å²) in [5.41, 5.74) is 1.79. The lowest BCUT2D eigenvalue weighted by molar-refractivity contribution is -0.134. The van der Waals surface area contributed by atoms with E-state index in [9.17, 15) is 13.2 Å². The molecule has 28 heavy (non-hydrogen) atoms. The first kappa shape index (κ1) is 20.8. The fourth-order valence-electron chi connectivity index (χ4n) is 3.94. The maximum absolute atomic E-state index is 13.3. The van der Waals surface area contributed by atoms with Crippen molar-refractivity contribution < 1.29 is 13.2 Å². The minimum absolute atomic E-state index is 0.0412. The average Bonchev–Trinajstić information content (AvgIpc) is 3.18. The third-order valence-electron chi connectivity index (χ3n) is 5.66. The lowest BCUT2D eigenvalue weighted by Gasteiger charge is -2.31. The topological polar surface area (TPSA) is 75.5 Å². The molecule has 1 atom stereocenters. The van der Waals surface area contributed by atoms with Crippen LogP contribution in [0.15, 0.2) is 24.3 Å². The van der Waals surface area contributed by atoms with Crippen molar-refractivity contribution in [3.63, 3.8) is 0 Å². The van der Waals surface area contributed by atoms with Gasteiger partial charge in [0.25, 0.3) is 0 Å². The van der Waals surface area contributed by atoms with Crippen LogP contribution in [0.25, 0.3) is 11.0 Å². The minimum Gasteiger partial charge on any atom is -0.336 e. The predicted molar refractivity (Wildman–Crippen MR) is 111 cm³/mol. The van der Waals surface area contributed by atoms with Gasteiger partial charge in [0, 0.05) is 19.1 Å². The van der Waals surface area contributed by atoms with Gasteiger partial charge < -0.3 is 14.4 Å². The van der Waals surface area contributed by atoms with Crippen LogP contribution in [0, 0.1) is 6.92 Å². The zero-order valence-electron chi connectivity index (χ0n) is 17.0. The number of sulfone groups is 1. The lowest BCUT2D eigenvalue weighted by Crippen LogP contribution is -2.46. The summed E-state index contributed by atoms with van der Waals surface area (Å²) in [5, 5.41) is 0. The normalized spacial score (nSPS) is 18.8. The van der Waals surface area contributed by atoms with Gasteiger partial charge in [0.2, 0.25) is 5.91 Å². The van der Waals surface area contributed by atoms with Crippen molar-refractivity contribution in [3.05, 3.63) is 30.1 Å². The van der Waals surface area contributed by atoms with E-state index in [2.05, 4.69) is 23.7 Å². The van der Waals surface area contributed by atoms with Gasteiger partial charge in [-0.1, -0.05) is 26.0 Å². The second-order valence-corrected chi connectivity index (χ2v) is 9.63. The Hall–Kier alpha value is -1.93. The highest BCUT2D eigenvalue weighted by atomic mass is 32.2. The van der Waals surface area contributed by atoms with Crippen LogP contribution in [0.4, 0.5) is 0 Å². The van der Waals surface area contributed by atoms with Crippen LogP contribution in [0.5, 0.6) is 0 Å². The molecule has 1 aromatic heterocycles. The Kier molecular flexibility index (Phi) is 6.40. The van der Waals surface area contributed by atoms with Crippen molar-refractivity contribution in [1.29, 1.82) is 0 Å². The summed E-state index contributed by atoms with van der Waals surface area (Å²) in [6.07, 6.45) is 0.524. The van der Waals surface area contributed by atoms with Gasteiger partial charge in [0.05, 0.1) is 22.5 Å². The van der Waals surface area contributed by atoms with Gasteiger partial charge >= 0.3 is 0 Å². The van der Waals surface area contributed by atoms with Crippen LogP contribution in [-0.2, 0) is 21.2 Å². The van der Waals surface area contributed by atoms with Gasteiger partial charge in [-0.25, -0.2) is 13.4 Å². The highest BCUT2D eigenvalue weighted by Gasteiger charge is 2.34. The number of imidazole rings is 1. The van der Waals surface area contributed by atoms with Gasteiger partial charge in [-0.2, -0.15) is 0 Å². The quantitative estimate of drug-likeness (QED) is 0.667. The molecule has 1 aliphatic heterocycles. The fraction of sp³-hybridized carbons (Fsp3) is 0.600. The second-order valence-electron chi connectivity index (χ2n) is 7.40. The maximum atomic E-state index is 13.3. The van der Waals surface area contributed by atoms with E-state index in [0.29, 0.717) is 13.0 Å². The van der Waals surface area contributed by atoms with E-state index in [0.717, 1.165) is 36.5 Å². The standard InChI is InChI=1S/C20H30N4O3S/c1-4-22(5-2)11-12-23(17-10-13-28(26,27)15-17)20(25)14-24-16(3)21-18-8-6-7-9-19(18)24/h6-9,17H,4-5,10-15H2,1-3H3. The van der Waals surface area contributed by atoms with E-state index in [-0.39, 0.29) is 30.0 Å². The zero-order valence-corrected chi connectivity index (χ0v) is 17.8. The fourth-order valence-corrected chi connectivity index (χ4v) is 5.67. The van der Waals surface area contributed by atoms with Crippen LogP contribution in [-0.4, -0.2) is 77.4 Å². The number of hydrogen-bond donors (Lipinski definition) is 0. The summed E-state index contributed by atoms with van der Waals surface area (Å²) in [6.45, 7) is 9.38. The number of aromatic nitrogens is 2. The van der Waals surface area contributed by atoms with E-state index < -0.39 is 9.84 Å². The molecule has 3 rings (SSSR count). The molecule has 1 amide bonds. The molecular formula is C20H30N4O3S. The van der Waals surface area contributed by atoms with Gasteiger partial charge in [-0.05, 0) is 38.6 Å². The van der Waals surface area contributed by atoms with Crippen molar-refractivity contribution in [2.75, 3.05) is 37.7 Å². The van der Waals surface area contributed by atoms with Gasteiger partial charge in [-0.3, -0.25) is 4.79 Å². The average molecular weight is 407 g/mol. The van der Waals surface area contributed by atoms with E-state index in [1.807, 2.05) is 35.8 Å². The molecule has 2 aromatic rings. The monoisotopic (exact) mass is 406 g/mol. The number of benzene rings is 1. The molecular weight excluding hydrogens is 376 g/mol. The Labute approximate surface area is 167 Å². The molecule has 8 heteroatoms. The lowest BCUT2D eigenvalue weighted by atomic mass is 10.2. The number of para-hydroxylation sites is 2. The Morgan fingerprint density at radius 2 is 1.93 bits per heavy atom. The third kappa shape index (κ3) is 4.55. The molecule has 2 heterocycles. The molecule has 1 aromatic carbocycles. The molecule has 0 bridgehead atoms. The third-order valence-corrected chi connectivity index (χ3v) is 7.41. The second kappa shape index (κ2) is 8.61. The van der Waals surface area contributed by atoms with Crippen LogP contribution >= 0.6 is 0 Å². The summed E-state index contributed by atoms with van der Waals surface area (Å²) in [6, 6.07) is 7.53. The van der Waals surface area contributed by atoms with Crippen molar-refractivity contribution >= 4 is 26.8 Å². The van der Waals surface area contributed by atoms with Crippen molar-refractivity contribution in [1.82, 2.24) is 19.4 Å². The number of likely N-dealkylation sites (N-methyl/N-ethyl adjacent to an activating group) is 1. The van der Waals surface area contributed by atoms with Crippen molar-refractivity contribution in [3.8, 4) is 0 Å². The summed E-state index contributed by atoms with van der Waals surface area (Å²) < 4.78 is 25.9. The van der Waals surface area contributed by atoms with Gasteiger partial charge in [0.15, 0.2) is 9.84 Å². The predicted octanol–water partition coefficient (Wildman–Crippen LogP) is 1.70. The smallest absolute Gasteiger partial charge is 0.242 e. The first-order chi connectivity index (χ1) is 13.3. The number of rotatable bonds is 8. The maximum Gasteiger partial charge on any atom is 0.242 e. The molecule has 0 spiro atoms. The Bertz CT molecular complexity index is 934. The SMILES string of the molecule is CCN(CC)CCN(C(=O)Cn1c(C)nc2ccccc21)C1CCS(=O)(=O)C1. The van der Waals surface area contributed by atoms with Crippen LogP contribution in [0.3, 0.4) is 0 Å². The number of nitrogens with zero attached hydrogens (tertiary/aromatic N) is 4. The molecule has 1 saturated heterocycles.